The molecule has 314 valence electrons. The Morgan fingerprint density at radius 2 is 1.26 bits per heavy atom. The number of hydrogen-bond donors (Lipinski definition) is 0. The maximum Gasteiger partial charge on any atom is 0.192 e. The highest BCUT2D eigenvalue weighted by atomic mass is 28.4. The Bertz CT molecular complexity index is 1280. The summed E-state index contributed by atoms with van der Waals surface area (Å²) >= 11 is 0. The molecule has 0 radical (unpaired) electrons. The van der Waals surface area contributed by atoms with Gasteiger partial charge in [-0.3, -0.25) is 0 Å². The molecule has 0 N–H and O–H groups in total. The Labute approximate surface area is 341 Å². The van der Waals surface area contributed by atoms with Gasteiger partial charge in [0.25, 0.3) is 0 Å². The van der Waals surface area contributed by atoms with E-state index < -0.39 is 25.0 Å². The average Bonchev–Trinajstić information content (AvgIpc) is 3.34. The quantitative estimate of drug-likeness (QED) is 0.105. The van der Waals surface area contributed by atoms with Crippen LogP contribution in [-0.4, -0.2) is 43.8 Å². The van der Waals surface area contributed by atoms with Crippen LogP contribution in [0.5, 0.6) is 0 Å². The summed E-state index contributed by atoms with van der Waals surface area (Å²) in [6.07, 6.45) is 21.5. The lowest BCUT2D eigenvalue weighted by Gasteiger charge is -2.46. The van der Waals surface area contributed by atoms with Gasteiger partial charge in [0.05, 0.1) is 12.2 Å². The van der Waals surface area contributed by atoms with Crippen LogP contribution < -0.4 is 0 Å². The summed E-state index contributed by atoms with van der Waals surface area (Å²) in [5.41, 5.74) is 5.52. The smallest absolute Gasteiger partial charge is 0.192 e. The Hall–Kier alpha value is -0.249. The third kappa shape index (κ3) is 12.1. The van der Waals surface area contributed by atoms with Crippen molar-refractivity contribution in [3.05, 3.63) is 34.9 Å². The van der Waals surface area contributed by atoms with E-state index >= 15 is 0 Å². The fourth-order valence-electron chi connectivity index (χ4n) is 9.04. The molecular weight excluding hydrogens is 709 g/mol. The molecule has 0 aromatic carbocycles. The molecule has 3 nitrogen and oxygen atoms in total. The van der Waals surface area contributed by atoms with Gasteiger partial charge in [0.15, 0.2) is 25.0 Å². The topological polar surface area (TPSA) is 27.7 Å². The van der Waals surface area contributed by atoms with Crippen molar-refractivity contribution in [2.24, 2.45) is 28.6 Å². The summed E-state index contributed by atoms with van der Waals surface area (Å²) in [6, 6.07) is 0. The molecule has 3 unspecified atom stereocenters. The lowest BCUT2D eigenvalue weighted by molar-refractivity contribution is 0.0920. The molecule has 3 aliphatic rings. The van der Waals surface area contributed by atoms with E-state index in [0.717, 1.165) is 43.6 Å². The number of rotatable bonds is 13. The van der Waals surface area contributed by atoms with Crippen LogP contribution in [0, 0.1) is 28.6 Å². The van der Waals surface area contributed by atoms with Crippen molar-refractivity contribution in [3.8, 4) is 0 Å². The summed E-state index contributed by atoms with van der Waals surface area (Å²) in [5.74, 6) is 2.40. The summed E-state index contributed by atoms with van der Waals surface area (Å²) in [4.78, 5) is 0. The van der Waals surface area contributed by atoms with Crippen molar-refractivity contribution in [1.82, 2.24) is 0 Å². The first-order valence-electron chi connectivity index (χ1n) is 22.4. The zero-order chi connectivity index (χ0) is 41.3. The maximum atomic E-state index is 7.45. The zero-order valence-corrected chi connectivity index (χ0v) is 42.8. The van der Waals surface area contributed by atoms with Gasteiger partial charge in [-0.2, -0.15) is 0 Å². The van der Waals surface area contributed by atoms with Crippen molar-refractivity contribution < 1.29 is 13.3 Å². The zero-order valence-electron chi connectivity index (χ0n) is 39.8. The molecule has 0 spiro atoms. The van der Waals surface area contributed by atoms with Crippen molar-refractivity contribution in [3.63, 3.8) is 0 Å². The summed E-state index contributed by atoms with van der Waals surface area (Å²) in [6.45, 7) is 49.0. The van der Waals surface area contributed by atoms with Crippen molar-refractivity contribution in [2.75, 3.05) is 6.61 Å². The highest BCUT2D eigenvalue weighted by Crippen LogP contribution is 2.60. The average molecular weight is 802 g/mol. The van der Waals surface area contributed by atoms with Crippen molar-refractivity contribution in [2.45, 2.75) is 234 Å². The molecule has 0 bridgehead atoms. The monoisotopic (exact) mass is 801 g/mol. The first-order chi connectivity index (χ1) is 24.3. The summed E-state index contributed by atoms with van der Waals surface area (Å²) < 4.78 is 21.6. The molecule has 0 amide bonds. The van der Waals surface area contributed by atoms with E-state index in [2.05, 4.69) is 154 Å². The van der Waals surface area contributed by atoms with Crippen LogP contribution in [0.4, 0.5) is 0 Å². The minimum atomic E-state index is -2.06. The molecule has 6 atom stereocenters. The van der Waals surface area contributed by atoms with Crippen molar-refractivity contribution in [1.29, 1.82) is 0 Å². The second kappa shape index (κ2) is 17.5. The first kappa shape index (κ1) is 48.1. The number of allylic oxidation sites excluding steroid dienone is 3. The molecule has 0 heterocycles. The largest absolute Gasteiger partial charge is 0.417 e. The van der Waals surface area contributed by atoms with Crippen LogP contribution >= 0.6 is 0 Å². The molecule has 0 aliphatic heterocycles. The minimum Gasteiger partial charge on any atom is -0.417 e. The van der Waals surface area contributed by atoms with E-state index in [1.807, 2.05) is 0 Å². The molecule has 0 aromatic rings. The SMILES string of the molecule is CC(CCCC(C)(C)C)C1CCC2/C(=C/C=C3C[C@@H](O[Si](C)(C)C(C)(C)C)C(=CCCO[Si](C)(C)C(C)(C)C)[C@H](O[Si](C)(C)C(C)(C)C)C3)CCC[C@@]21C. The van der Waals surface area contributed by atoms with E-state index in [1.165, 1.54) is 62.5 Å². The molecule has 3 fully saturated rings. The first-order valence-corrected chi connectivity index (χ1v) is 31.1. The second-order valence-corrected chi connectivity index (χ2v) is 38.7. The highest BCUT2D eigenvalue weighted by molar-refractivity contribution is 6.75. The molecule has 0 saturated heterocycles. The molecule has 0 aromatic heterocycles. The summed E-state index contributed by atoms with van der Waals surface area (Å²) in [7, 11) is -5.95. The lowest BCUT2D eigenvalue weighted by atomic mass is 9.60. The standard InChI is InChI=1S/C48H92O3Si3/c1-36(24-21-31-44(2,3)4)40-29-30-41-38(25-22-32-48(40,41)14)28-27-37-34-42(50-53(17,18)46(8,9)10)39(26-23-33-49-52(15,16)45(5,6)7)43(35-37)51-54(19,20)47(11,12)13/h26-28,36,40-43H,21-25,29-35H2,1-20H3/b37-27?,38-28+,39-26?/t36?,40?,41?,42-,43-,48-/m1/s1. The van der Waals surface area contributed by atoms with Gasteiger partial charge in [-0.1, -0.05) is 139 Å². The number of hydrogen-bond acceptors (Lipinski definition) is 3. The lowest BCUT2D eigenvalue weighted by Crippen LogP contribution is -2.50. The Morgan fingerprint density at radius 3 is 1.74 bits per heavy atom. The van der Waals surface area contributed by atoms with Gasteiger partial charge in [0.1, 0.15) is 0 Å². The van der Waals surface area contributed by atoms with Gasteiger partial charge in [-0.15, -0.1) is 0 Å². The Balaban J connectivity index is 1.99. The predicted octanol–water partition coefficient (Wildman–Crippen LogP) is 15.8. The normalized spacial score (nSPS) is 28.0. The summed E-state index contributed by atoms with van der Waals surface area (Å²) in [5, 5.41) is 0.483. The van der Waals surface area contributed by atoms with Gasteiger partial charge in [-0.25, -0.2) is 0 Å². The van der Waals surface area contributed by atoms with Gasteiger partial charge >= 0.3 is 0 Å². The van der Waals surface area contributed by atoms with Crippen LogP contribution in [0.15, 0.2) is 34.9 Å². The van der Waals surface area contributed by atoms with Gasteiger partial charge in [0, 0.05) is 6.61 Å². The predicted molar refractivity (Wildman–Crippen MR) is 246 cm³/mol. The molecular formula is C48H92O3Si3. The molecule has 3 aliphatic carbocycles. The highest BCUT2D eigenvalue weighted by Gasteiger charge is 2.51. The fraction of sp³-hybridized carbons (Fsp3) is 0.875. The van der Waals surface area contributed by atoms with Crippen LogP contribution in [0.25, 0.3) is 0 Å². The molecule has 6 heteroatoms. The van der Waals surface area contributed by atoms with Gasteiger partial charge in [0.2, 0.25) is 0 Å². The third-order valence-electron chi connectivity index (χ3n) is 15.7. The molecule has 3 rings (SSSR count). The molecule has 54 heavy (non-hydrogen) atoms. The Morgan fingerprint density at radius 1 is 0.741 bits per heavy atom. The van der Waals surface area contributed by atoms with E-state index in [1.54, 1.807) is 5.57 Å². The van der Waals surface area contributed by atoms with Gasteiger partial charge < -0.3 is 13.3 Å². The van der Waals surface area contributed by atoms with Crippen molar-refractivity contribution >= 4 is 25.0 Å². The van der Waals surface area contributed by atoms with E-state index in [-0.39, 0.29) is 27.3 Å². The van der Waals surface area contributed by atoms with E-state index in [9.17, 15) is 0 Å². The van der Waals surface area contributed by atoms with E-state index in [0.29, 0.717) is 10.8 Å². The minimum absolute atomic E-state index is 0.0494. The Kier molecular flexibility index (Phi) is 15.6. The van der Waals surface area contributed by atoms with Crippen LogP contribution in [0.2, 0.25) is 54.4 Å². The second-order valence-electron chi connectivity index (χ2n) is 24.3. The number of fused-ring (bicyclic) bond motifs is 1. The molecule has 3 saturated carbocycles. The van der Waals surface area contributed by atoms with E-state index in [4.69, 9.17) is 13.3 Å². The fourth-order valence-corrected chi connectivity index (χ4v) is 12.7. The van der Waals surface area contributed by atoms with Crippen LogP contribution in [0.1, 0.15) is 168 Å². The maximum absolute atomic E-state index is 7.45. The third-order valence-corrected chi connectivity index (χ3v) is 29.2. The van der Waals surface area contributed by atoms with Gasteiger partial charge in [-0.05, 0) is 146 Å². The van der Waals surface area contributed by atoms with Crippen LogP contribution in [0.3, 0.4) is 0 Å². The van der Waals surface area contributed by atoms with Crippen LogP contribution in [-0.2, 0) is 13.3 Å².